The van der Waals surface area contributed by atoms with E-state index in [1.54, 1.807) is 18.2 Å². The number of anilines is 2. The molecule has 0 bridgehead atoms. The number of hydrogen-bond acceptors (Lipinski definition) is 3. The average Bonchev–Trinajstić information content (AvgIpc) is 3.56. The van der Waals surface area contributed by atoms with Gasteiger partial charge < -0.3 is 10.1 Å². The number of fused-ring (bicyclic) bond motifs is 1. The van der Waals surface area contributed by atoms with E-state index in [0.717, 1.165) is 35.2 Å². The van der Waals surface area contributed by atoms with Gasteiger partial charge in [-0.3, -0.25) is 0 Å². The maximum atomic E-state index is 13.9. The van der Waals surface area contributed by atoms with Gasteiger partial charge in [-0.2, -0.15) is 0 Å². The Labute approximate surface area is 162 Å². The Bertz CT molecular complexity index is 1150. The van der Waals surface area contributed by atoms with Crippen molar-refractivity contribution in [2.75, 3.05) is 5.32 Å². The number of halogens is 1. The number of benzene rings is 3. The van der Waals surface area contributed by atoms with Crippen LogP contribution in [0.2, 0.25) is 0 Å². The smallest absolute Gasteiger partial charge is 0.165 e. The molecular weight excluding hydrogens is 351 g/mol. The van der Waals surface area contributed by atoms with Crippen molar-refractivity contribution in [2.24, 2.45) is 0 Å². The number of rotatable bonds is 5. The van der Waals surface area contributed by atoms with Crippen LogP contribution in [0.15, 0.2) is 78.9 Å². The summed E-state index contributed by atoms with van der Waals surface area (Å²) in [5.74, 6) is 1.83. The van der Waals surface area contributed by atoms with Crippen LogP contribution in [0.3, 0.4) is 0 Å². The van der Waals surface area contributed by atoms with Gasteiger partial charge in [0.25, 0.3) is 0 Å². The summed E-state index contributed by atoms with van der Waals surface area (Å²) in [6.07, 6.45) is 2.31. The maximum absolute atomic E-state index is 13.9. The molecule has 4 aromatic rings. The summed E-state index contributed by atoms with van der Waals surface area (Å²) >= 11 is 0. The maximum Gasteiger partial charge on any atom is 0.165 e. The number of nitrogens with zero attached hydrogens (tertiary/aromatic N) is 1. The van der Waals surface area contributed by atoms with E-state index in [4.69, 9.17) is 9.72 Å². The fraction of sp³-hybridized carbons (Fsp3) is 0.125. The lowest BCUT2D eigenvalue weighted by Crippen LogP contribution is -1.98. The van der Waals surface area contributed by atoms with Crippen molar-refractivity contribution >= 4 is 22.4 Å². The summed E-state index contributed by atoms with van der Waals surface area (Å²) in [7, 11) is 0. The molecule has 1 aromatic heterocycles. The van der Waals surface area contributed by atoms with Gasteiger partial charge in [-0.1, -0.05) is 30.3 Å². The summed E-state index contributed by atoms with van der Waals surface area (Å²) in [5, 5.41) is 4.56. The molecule has 1 N–H and O–H groups in total. The predicted molar refractivity (Wildman–Crippen MR) is 110 cm³/mol. The number of para-hydroxylation sites is 2. The minimum atomic E-state index is -0.363. The van der Waals surface area contributed by atoms with Crippen molar-refractivity contribution in [3.05, 3.63) is 90.2 Å². The van der Waals surface area contributed by atoms with Gasteiger partial charge in [0.15, 0.2) is 11.6 Å². The number of pyridine rings is 1. The Balaban J connectivity index is 1.45. The van der Waals surface area contributed by atoms with Crippen molar-refractivity contribution < 1.29 is 9.13 Å². The Kier molecular flexibility index (Phi) is 4.17. The molecule has 5 rings (SSSR count). The highest BCUT2D eigenvalue weighted by atomic mass is 19.1. The molecule has 138 valence electrons. The average molecular weight is 370 g/mol. The quantitative estimate of drug-likeness (QED) is 0.420. The van der Waals surface area contributed by atoms with Crippen LogP contribution >= 0.6 is 0 Å². The van der Waals surface area contributed by atoms with Gasteiger partial charge in [0, 0.05) is 11.1 Å². The largest absolute Gasteiger partial charge is 0.454 e. The van der Waals surface area contributed by atoms with Gasteiger partial charge in [-0.05, 0) is 72.9 Å². The van der Waals surface area contributed by atoms with Crippen LogP contribution in [0.5, 0.6) is 11.5 Å². The lowest BCUT2D eigenvalue weighted by molar-refractivity contribution is 0.442. The zero-order valence-corrected chi connectivity index (χ0v) is 15.2. The minimum absolute atomic E-state index is 0.237. The zero-order valence-electron chi connectivity index (χ0n) is 15.2. The molecule has 3 aromatic carbocycles. The molecule has 1 heterocycles. The summed E-state index contributed by atoms with van der Waals surface area (Å²) in [6.45, 7) is 0. The standard InChI is InChI=1S/C24H19FN2O/c25-20-6-2-4-8-23(20)28-18-12-13-22(19(15-18)16-9-10-16)27-24-14-11-17-5-1-3-7-21(17)26-24/h1-8,11-16H,9-10H2,(H,26,27). The van der Waals surface area contributed by atoms with Crippen LogP contribution in [0.1, 0.15) is 24.3 Å². The monoisotopic (exact) mass is 370 g/mol. The summed E-state index contributed by atoms with van der Waals surface area (Å²) in [4.78, 5) is 4.70. The van der Waals surface area contributed by atoms with Crippen molar-refractivity contribution in [1.82, 2.24) is 4.98 Å². The number of ether oxygens (including phenoxy) is 1. The Morgan fingerprint density at radius 1 is 0.893 bits per heavy atom. The first-order valence-corrected chi connectivity index (χ1v) is 9.45. The lowest BCUT2D eigenvalue weighted by Gasteiger charge is -2.14. The van der Waals surface area contributed by atoms with E-state index in [9.17, 15) is 4.39 Å². The van der Waals surface area contributed by atoms with Crippen LogP contribution in [0, 0.1) is 5.82 Å². The molecule has 3 nitrogen and oxygen atoms in total. The molecule has 1 aliphatic rings. The second-order valence-corrected chi connectivity index (χ2v) is 7.07. The first kappa shape index (κ1) is 16.8. The van der Waals surface area contributed by atoms with Gasteiger partial charge in [0.2, 0.25) is 0 Å². The molecule has 0 spiro atoms. The van der Waals surface area contributed by atoms with E-state index in [-0.39, 0.29) is 11.6 Å². The van der Waals surface area contributed by atoms with E-state index in [1.165, 1.54) is 11.6 Å². The van der Waals surface area contributed by atoms with E-state index in [1.807, 2.05) is 42.5 Å². The topological polar surface area (TPSA) is 34.1 Å². The number of hydrogen-bond donors (Lipinski definition) is 1. The fourth-order valence-corrected chi connectivity index (χ4v) is 3.38. The van der Waals surface area contributed by atoms with Crippen LogP contribution in [-0.4, -0.2) is 4.98 Å². The lowest BCUT2D eigenvalue weighted by atomic mass is 10.1. The predicted octanol–water partition coefficient (Wildman–Crippen LogP) is 6.79. The summed E-state index contributed by atoms with van der Waals surface area (Å²) in [6, 6.07) is 24.4. The molecule has 0 amide bonds. The minimum Gasteiger partial charge on any atom is -0.454 e. The molecule has 0 aliphatic heterocycles. The third-order valence-corrected chi connectivity index (χ3v) is 4.97. The Hall–Kier alpha value is -3.40. The van der Waals surface area contributed by atoms with Crippen LogP contribution in [0.4, 0.5) is 15.9 Å². The molecule has 0 unspecified atom stereocenters. The van der Waals surface area contributed by atoms with E-state index in [0.29, 0.717) is 11.7 Å². The van der Waals surface area contributed by atoms with Gasteiger partial charge in [-0.25, -0.2) is 9.37 Å². The molecule has 1 fully saturated rings. The first-order valence-electron chi connectivity index (χ1n) is 9.45. The molecule has 28 heavy (non-hydrogen) atoms. The molecule has 0 atom stereocenters. The second-order valence-electron chi connectivity index (χ2n) is 7.07. The third kappa shape index (κ3) is 3.41. The highest BCUT2D eigenvalue weighted by Crippen LogP contribution is 2.45. The van der Waals surface area contributed by atoms with Crippen LogP contribution in [-0.2, 0) is 0 Å². The molecule has 0 radical (unpaired) electrons. The van der Waals surface area contributed by atoms with Gasteiger partial charge in [0.05, 0.1) is 5.52 Å². The van der Waals surface area contributed by atoms with Crippen molar-refractivity contribution in [1.29, 1.82) is 0 Å². The Morgan fingerprint density at radius 3 is 2.57 bits per heavy atom. The fourth-order valence-electron chi connectivity index (χ4n) is 3.38. The summed E-state index contributed by atoms with van der Waals surface area (Å²) in [5.41, 5.74) is 3.16. The van der Waals surface area contributed by atoms with Crippen LogP contribution < -0.4 is 10.1 Å². The van der Waals surface area contributed by atoms with Crippen molar-refractivity contribution in [3.8, 4) is 11.5 Å². The van der Waals surface area contributed by atoms with Gasteiger partial charge in [-0.15, -0.1) is 0 Å². The number of aromatic nitrogens is 1. The molecular formula is C24H19FN2O. The highest BCUT2D eigenvalue weighted by molar-refractivity contribution is 5.81. The van der Waals surface area contributed by atoms with Crippen molar-refractivity contribution in [2.45, 2.75) is 18.8 Å². The normalized spacial score (nSPS) is 13.5. The van der Waals surface area contributed by atoms with Gasteiger partial charge in [0.1, 0.15) is 11.6 Å². The van der Waals surface area contributed by atoms with E-state index >= 15 is 0 Å². The molecule has 4 heteroatoms. The molecule has 0 saturated heterocycles. The summed E-state index contributed by atoms with van der Waals surface area (Å²) < 4.78 is 19.7. The SMILES string of the molecule is Fc1ccccc1Oc1ccc(Nc2ccc3ccccc3n2)c(C2CC2)c1. The van der Waals surface area contributed by atoms with Gasteiger partial charge >= 0.3 is 0 Å². The highest BCUT2D eigenvalue weighted by Gasteiger charge is 2.27. The second kappa shape index (κ2) is 6.97. The molecule has 1 aliphatic carbocycles. The van der Waals surface area contributed by atoms with E-state index in [2.05, 4.69) is 17.4 Å². The third-order valence-electron chi connectivity index (χ3n) is 4.97. The van der Waals surface area contributed by atoms with Crippen LogP contribution in [0.25, 0.3) is 10.9 Å². The number of nitrogens with one attached hydrogen (secondary N) is 1. The molecule has 1 saturated carbocycles. The van der Waals surface area contributed by atoms with E-state index < -0.39 is 0 Å². The first-order chi connectivity index (χ1) is 13.8. The zero-order chi connectivity index (χ0) is 18.9. The Morgan fingerprint density at radius 2 is 1.71 bits per heavy atom. The van der Waals surface area contributed by atoms with Crippen molar-refractivity contribution in [3.63, 3.8) is 0 Å².